The van der Waals surface area contributed by atoms with Gasteiger partial charge >= 0.3 is 0 Å². The zero-order chi connectivity index (χ0) is 39.6. The molecule has 15 heteroatoms. The third kappa shape index (κ3) is 7.63. The van der Waals surface area contributed by atoms with E-state index in [2.05, 4.69) is 10.6 Å². The number of primary amides is 1. The second kappa shape index (κ2) is 16.3. The van der Waals surface area contributed by atoms with Gasteiger partial charge in [-0.2, -0.15) is 5.10 Å². The predicted molar refractivity (Wildman–Crippen MR) is 212 cm³/mol. The van der Waals surface area contributed by atoms with Crippen molar-refractivity contribution in [3.8, 4) is 22.8 Å². The van der Waals surface area contributed by atoms with Crippen molar-refractivity contribution in [1.82, 2.24) is 24.9 Å². The van der Waals surface area contributed by atoms with Crippen molar-refractivity contribution in [1.29, 1.82) is 0 Å². The molecule has 2 unspecified atom stereocenters. The van der Waals surface area contributed by atoms with Gasteiger partial charge in [0.2, 0.25) is 17.7 Å². The van der Waals surface area contributed by atoms with Crippen LogP contribution in [0, 0.1) is 5.92 Å². The highest BCUT2D eigenvalue weighted by Crippen LogP contribution is 2.41. The van der Waals surface area contributed by atoms with Crippen LogP contribution in [0.15, 0.2) is 77.7 Å². The fourth-order valence-corrected chi connectivity index (χ4v) is 9.42. The minimum atomic E-state index is -1.01. The molecule has 4 aromatic rings. The number of ether oxygens (including phenoxy) is 1. The fraction of sp³-hybridized carbons (Fsp3) is 0.357. The Morgan fingerprint density at radius 1 is 0.860 bits per heavy atom. The molecule has 4 aliphatic rings. The van der Waals surface area contributed by atoms with Gasteiger partial charge < -0.3 is 20.7 Å². The van der Waals surface area contributed by atoms with Gasteiger partial charge in [0.1, 0.15) is 34.6 Å². The van der Waals surface area contributed by atoms with Crippen molar-refractivity contribution < 1.29 is 33.5 Å². The molecule has 0 saturated carbocycles. The Morgan fingerprint density at radius 3 is 2.35 bits per heavy atom. The Labute approximate surface area is 333 Å². The summed E-state index contributed by atoms with van der Waals surface area (Å²) in [6.45, 7) is 1.98. The maximum Gasteiger partial charge on any atom is 0.263 e. The van der Waals surface area contributed by atoms with Crippen LogP contribution in [0.5, 0.6) is 11.5 Å². The molecule has 2 atom stereocenters. The lowest BCUT2D eigenvalue weighted by Gasteiger charge is -2.38. The number of aromatic nitrogens is 2. The van der Waals surface area contributed by atoms with E-state index in [0.717, 1.165) is 41.9 Å². The monoisotopic (exact) mass is 789 g/mol. The van der Waals surface area contributed by atoms with Gasteiger partial charge in [0.25, 0.3) is 17.7 Å². The number of hydrogen-bond donors (Lipinski definition) is 3. The lowest BCUT2D eigenvalue weighted by Crippen LogP contribution is -2.54. The number of nitrogens with two attached hydrogens (primary N) is 1. The van der Waals surface area contributed by atoms with Crippen LogP contribution in [0.4, 0.5) is 5.82 Å². The molecule has 2 saturated heterocycles. The molecular weight excluding hydrogens is 747 g/mol. The van der Waals surface area contributed by atoms with Gasteiger partial charge in [-0.3, -0.25) is 39.0 Å². The first-order valence-corrected chi connectivity index (χ1v) is 20.4. The summed E-state index contributed by atoms with van der Waals surface area (Å²) in [6, 6.07) is 21.1. The first kappa shape index (κ1) is 37.9. The summed E-state index contributed by atoms with van der Waals surface area (Å²) in [5, 5.41) is 10.6. The van der Waals surface area contributed by atoms with E-state index in [-0.39, 0.29) is 41.8 Å². The quantitative estimate of drug-likeness (QED) is 0.0954. The number of imide groups is 2. The molecule has 14 nitrogen and oxygen atoms in total. The van der Waals surface area contributed by atoms with E-state index < -0.39 is 35.6 Å². The first-order chi connectivity index (χ1) is 27.7. The number of carbonyl (C=O) groups is 6. The highest BCUT2D eigenvalue weighted by Gasteiger charge is 2.45. The number of piperidine rings is 2. The van der Waals surface area contributed by atoms with Gasteiger partial charge in [-0.1, -0.05) is 24.3 Å². The largest absolute Gasteiger partial charge is 0.457 e. The molecule has 4 N–H and O–H groups in total. The Balaban J connectivity index is 0.834. The normalized spacial score (nSPS) is 19.5. The Hall–Kier alpha value is -5.96. The van der Waals surface area contributed by atoms with Crippen LogP contribution in [0.1, 0.15) is 88.5 Å². The zero-order valence-corrected chi connectivity index (χ0v) is 32.1. The summed E-state index contributed by atoms with van der Waals surface area (Å²) in [4.78, 5) is 80.3. The van der Waals surface area contributed by atoms with Crippen molar-refractivity contribution in [2.24, 2.45) is 11.7 Å². The van der Waals surface area contributed by atoms with E-state index in [4.69, 9.17) is 15.6 Å². The van der Waals surface area contributed by atoms with Crippen LogP contribution in [-0.4, -0.2) is 86.5 Å². The molecule has 1 aromatic heterocycles. The van der Waals surface area contributed by atoms with Crippen LogP contribution in [0.25, 0.3) is 11.3 Å². The van der Waals surface area contributed by atoms with Crippen molar-refractivity contribution in [2.75, 3.05) is 30.7 Å². The van der Waals surface area contributed by atoms with Crippen LogP contribution < -0.4 is 21.1 Å². The molecule has 5 heterocycles. The minimum absolute atomic E-state index is 0.0563. The number of fused-ring (bicyclic) bond motifs is 2. The minimum Gasteiger partial charge on any atom is -0.457 e. The number of anilines is 1. The molecule has 8 rings (SSSR count). The van der Waals surface area contributed by atoms with Crippen LogP contribution >= 0.6 is 11.8 Å². The molecule has 3 aromatic carbocycles. The number of amides is 6. The number of likely N-dealkylation sites (tertiary alicyclic amines) is 1. The highest BCUT2D eigenvalue weighted by atomic mass is 32.2. The van der Waals surface area contributed by atoms with Gasteiger partial charge in [-0.25, -0.2) is 4.68 Å². The molecule has 57 heavy (non-hydrogen) atoms. The number of unbranched alkanes of at least 4 members (excludes halogenated alkanes) is 1. The van der Waals surface area contributed by atoms with E-state index in [1.165, 1.54) is 11.8 Å². The van der Waals surface area contributed by atoms with Crippen molar-refractivity contribution in [2.45, 2.75) is 68.3 Å². The van der Waals surface area contributed by atoms with Crippen LogP contribution in [0.2, 0.25) is 0 Å². The van der Waals surface area contributed by atoms with E-state index >= 15 is 0 Å². The third-order valence-corrected chi connectivity index (χ3v) is 12.4. The number of rotatable bonds is 12. The summed E-state index contributed by atoms with van der Waals surface area (Å²) in [6.07, 6.45) is 4.48. The summed E-state index contributed by atoms with van der Waals surface area (Å²) in [7, 11) is 0. The average molecular weight is 790 g/mol. The molecule has 2 fully saturated rings. The first-order valence-electron chi connectivity index (χ1n) is 19.4. The van der Waals surface area contributed by atoms with E-state index in [9.17, 15) is 28.8 Å². The average Bonchev–Trinajstić information content (AvgIpc) is 3.74. The lowest BCUT2D eigenvalue weighted by molar-refractivity contribution is -0.136. The number of hydrogen-bond acceptors (Lipinski definition) is 10. The van der Waals surface area contributed by atoms with Crippen molar-refractivity contribution >= 4 is 53.0 Å². The Bertz CT molecular complexity index is 2230. The lowest BCUT2D eigenvalue weighted by atomic mass is 9.86. The smallest absolute Gasteiger partial charge is 0.263 e. The molecule has 6 amide bonds. The molecule has 0 bridgehead atoms. The zero-order valence-electron chi connectivity index (χ0n) is 31.3. The standard InChI is InChI=1S/C42H43N7O7S/c43-38(52)36-37(26-12-14-28(15-13-26)56-27-7-2-1-3-8-27)46-49-30(18-21-44-39(36)49)25-19-22-47(23-20-25)34(51)11-4-5-24-57-32-10-6-9-29-35(32)42(55)48(41(29)54)31-16-17-33(50)45-40(31)53/h1-3,6-10,12-15,25,30-31,44H,4-5,11,16-24H2,(H2,43,52)(H,45,50,53). The van der Waals surface area contributed by atoms with Gasteiger partial charge in [0.05, 0.1) is 17.2 Å². The van der Waals surface area contributed by atoms with Crippen molar-refractivity contribution in [3.63, 3.8) is 0 Å². The topological polar surface area (TPSA) is 186 Å². The van der Waals surface area contributed by atoms with E-state index in [1.807, 2.05) is 64.2 Å². The van der Waals surface area contributed by atoms with Crippen LogP contribution in [-0.2, 0) is 14.4 Å². The molecular formula is C42H43N7O7S. The van der Waals surface area contributed by atoms with Gasteiger partial charge in [-0.05, 0) is 98.7 Å². The molecule has 4 aliphatic heterocycles. The molecule has 0 aliphatic carbocycles. The Kier molecular flexibility index (Phi) is 10.8. The van der Waals surface area contributed by atoms with Gasteiger partial charge in [-0.15, -0.1) is 11.8 Å². The fourth-order valence-electron chi connectivity index (χ4n) is 8.34. The molecule has 0 radical (unpaired) electrons. The van der Waals surface area contributed by atoms with E-state index in [1.54, 1.807) is 18.2 Å². The second-order valence-corrected chi connectivity index (χ2v) is 15.9. The maximum atomic E-state index is 13.4. The Morgan fingerprint density at radius 2 is 1.61 bits per heavy atom. The van der Waals surface area contributed by atoms with Gasteiger partial charge in [0.15, 0.2) is 0 Å². The summed E-state index contributed by atoms with van der Waals surface area (Å²) in [5.74, 6) is 0.422. The summed E-state index contributed by atoms with van der Waals surface area (Å²) in [5.41, 5.74) is 8.14. The summed E-state index contributed by atoms with van der Waals surface area (Å²) < 4.78 is 7.88. The number of carbonyl (C=O) groups excluding carboxylic acids is 6. The second-order valence-electron chi connectivity index (χ2n) is 14.8. The summed E-state index contributed by atoms with van der Waals surface area (Å²) >= 11 is 1.46. The SMILES string of the molecule is NC(=O)c1c(-c2ccc(Oc3ccccc3)cc2)nn2c1NCCC2C1CCN(C(=O)CCCCSc2cccc3c2C(=O)N(C2CCC(=O)NC2=O)C3=O)CC1. The third-order valence-electron chi connectivity index (χ3n) is 11.2. The number of para-hydroxylation sites is 1. The molecule has 294 valence electrons. The highest BCUT2D eigenvalue weighted by molar-refractivity contribution is 7.99. The van der Waals surface area contributed by atoms with Crippen molar-refractivity contribution in [3.05, 3.63) is 89.5 Å². The maximum absolute atomic E-state index is 13.4. The number of thioether (sulfide) groups is 1. The van der Waals surface area contributed by atoms with Crippen LogP contribution in [0.3, 0.4) is 0 Å². The number of nitrogens with one attached hydrogen (secondary N) is 2. The molecule has 0 spiro atoms. The number of nitrogens with zero attached hydrogens (tertiary/aromatic N) is 4. The number of benzene rings is 3. The predicted octanol–water partition coefficient (Wildman–Crippen LogP) is 5.40. The van der Waals surface area contributed by atoms with E-state index in [0.29, 0.717) is 65.9 Å². The van der Waals surface area contributed by atoms with Gasteiger partial charge in [0, 0.05) is 42.9 Å².